The summed E-state index contributed by atoms with van der Waals surface area (Å²) in [5.41, 5.74) is 5.25. The Morgan fingerprint density at radius 3 is 2.81 bits per heavy atom. The first-order chi connectivity index (χ1) is 9.75. The Morgan fingerprint density at radius 2 is 2.19 bits per heavy atom. The first kappa shape index (κ1) is 16.2. The summed E-state index contributed by atoms with van der Waals surface area (Å²) in [6.07, 6.45) is -0.715. The number of nitrogens with zero attached hydrogens (tertiary/aromatic N) is 1. The van der Waals surface area contributed by atoms with E-state index < -0.39 is 38.8 Å². The number of ether oxygens (including phenoxy) is 1. The van der Waals surface area contributed by atoms with Gasteiger partial charge < -0.3 is 10.5 Å². The Labute approximate surface area is 126 Å². The molecule has 1 fully saturated rings. The average molecular weight is 337 g/mol. The maximum absolute atomic E-state index is 13.8. The van der Waals surface area contributed by atoms with Crippen molar-refractivity contribution in [3.05, 3.63) is 29.0 Å². The second kappa shape index (κ2) is 5.88. The molecule has 6 nitrogen and oxygen atoms in total. The highest BCUT2D eigenvalue weighted by Crippen LogP contribution is 2.27. The van der Waals surface area contributed by atoms with E-state index in [0.717, 1.165) is 16.4 Å². The highest BCUT2D eigenvalue weighted by atomic mass is 35.5. The van der Waals surface area contributed by atoms with Crippen LogP contribution in [-0.2, 0) is 19.6 Å². The normalized spacial score (nSPS) is 24.0. The van der Waals surface area contributed by atoms with Crippen LogP contribution in [-0.4, -0.2) is 43.9 Å². The summed E-state index contributed by atoms with van der Waals surface area (Å²) in [5.74, 6) is -1.80. The molecule has 116 valence electrons. The van der Waals surface area contributed by atoms with Crippen LogP contribution in [0.4, 0.5) is 4.39 Å². The molecule has 0 aromatic heterocycles. The fraction of sp³-hybridized carbons (Fsp3) is 0.417. The zero-order chi connectivity index (χ0) is 15.8. The molecular formula is C12H14ClFN2O4S. The molecule has 1 amide bonds. The monoisotopic (exact) mass is 336 g/mol. The van der Waals surface area contributed by atoms with Crippen LogP contribution in [0.2, 0.25) is 5.02 Å². The van der Waals surface area contributed by atoms with E-state index in [0.29, 0.717) is 0 Å². The molecule has 0 radical (unpaired) electrons. The smallest absolute Gasteiger partial charge is 0.246 e. The number of hydrogen-bond donors (Lipinski definition) is 1. The van der Waals surface area contributed by atoms with Crippen molar-refractivity contribution in [3.63, 3.8) is 0 Å². The summed E-state index contributed by atoms with van der Waals surface area (Å²) in [6, 6.07) is 2.01. The molecule has 2 N–H and O–H groups in total. The Hall–Kier alpha value is -1.22. The topological polar surface area (TPSA) is 89.7 Å². The molecule has 0 aliphatic carbocycles. The van der Waals surface area contributed by atoms with Gasteiger partial charge in [-0.3, -0.25) is 4.79 Å². The van der Waals surface area contributed by atoms with Gasteiger partial charge in [0.25, 0.3) is 0 Å². The SMILES string of the molecule is C[C@H]1OCCN(S(=O)(=O)c2cc(Cl)ccc2F)[C@@H]1C(N)=O. The molecule has 1 saturated heterocycles. The third-order valence-electron chi connectivity index (χ3n) is 3.22. The lowest BCUT2D eigenvalue weighted by molar-refractivity contribution is -0.130. The van der Waals surface area contributed by atoms with Crippen LogP contribution in [0.5, 0.6) is 0 Å². The van der Waals surface area contributed by atoms with Crippen LogP contribution < -0.4 is 5.73 Å². The largest absolute Gasteiger partial charge is 0.375 e. The van der Waals surface area contributed by atoms with Gasteiger partial charge >= 0.3 is 0 Å². The first-order valence-corrected chi connectivity index (χ1v) is 7.95. The Balaban J connectivity index is 2.51. The van der Waals surface area contributed by atoms with E-state index in [1.165, 1.54) is 13.0 Å². The van der Waals surface area contributed by atoms with Crippen LogP contribution in [0.15, 0.2) is 23.1 Å². The van der Waals surface area contributed by atoms with E-state index >= 15 is 0 Å². The Morgan fingerprint density at radius 1 is 1.52 bits per heavy atom. The molecule has 1 aliphatic rings. The number of benzene rings is 1. The van der Waals surface area contributed by atoms with Gasteiger partial charge in [-0.25, -0.2) is 12.8 Å². The molecule has 1 aromatic carbocycles. The molecule has 21 heavy (non-hydrogen) atoms. The van der Waals surface area contributed by atoms with Gasteiger partial charge in [0.15, 0.2) is 0 Å². The highest BCUT2D eigenvalue weighted by molar-refractivity contribution is 7.89. The number of rotatable bonds is 3. The van der Waals surface area contributed by atoms with Crippen molar-refractivity contribution >= 4 is 27.5 Å². The molecule has 1 aromatic rings. The second-order valence-corrected chi connectivity index (χ2v) is 6.91. The van der Waals surface area contributed by atoms with Crippen LogP contribution in [0.3, 0.4) is 0 Å². The summed E-state index contributed by atoms with van der Waals surface area (Å²) in [7, 11) is -4.25. The van der Waals surface area contributed by atoms with Crippen molar-refractivity contribution in [2.24, 2.45) is 5.73 Å². The number of halogens is 2. The van der Waals surface area contributed by atoms with Crippen molar-refractivity contribution < 1.29 is 22.3 Å². The fourth-order valence-corrected chi connectivity index (χ4v) is 4.21. The highest BCUT2D eigenvalue weighted by Gasteiger charge is 2.42. The van der Waals surface area contributed by atoms with E-state index in [1.807, 2.05) is 0 Å². The van der Waals surface area contributed by atoms with Gasteiger partial charge in [-0.05, 0) is 25.1 Å². The molecule has 9 heteroatoms. The number of morpholine rings is 1. The summed E-state index contributed by atoms with van der Waals surface area (Å²) >= 11 is 5.72. The van der Waals surface area contributed by atoms with Crippen molar-refractivity contribution in [3.8, 4) is 0 Å². The first-order valence-electron chi connectivity index (χ1n) is 6.13. The van der Waals surface area contributed by atoms with Gasteiger partial charge in [0.1, 0.15) is 16.8 Å². The standard InChI is InChI=1S/C12H14ClFN2O4S/c1-7-11(12(15)17)16(4-5-20-7)21(18,19)10-6-8(13)2-3-9(10)14/h2-3,6-7,11H,4-5H2,1H3,(H2,15,17)/t7-,11+/m1/s1. The molecule has 1 heterocycles. The number of amides is 1. The average Bonchev–Trinajstić information content (AvgIpc) is 2.40. The number of carbonyl (C=O) groups excluding carboxylic acids is 1. The number of nitrogens with two attached hydrogens (primary N) is 1. The molecule has 0 spiro atoms. The maximum Gasteiger partial charge on any atom is 0.246 e. The summed E-state index contributed by atoms with van der Waals surface area (Å²) < 4.78 is 45.1. The molecule has 0 unspecified atom stereocenters. The Bertz CT molecular complexity index is 667. The number of primary amides is 1. The van der Waals surface area contributed by atoms with E-state index in [1.54, 1.807) is 0 Å². The quantitative estimate of drug-likeness (QED) is 0.881. The lowest BCUT2D eigenvalue weighted by Gasteiger charge is -2.36. The van der Waals surface area contributed by atoms with E-state index in [9.17, 15) is 17.6 Å². The molecule has 0 bridgehead atoms. The van der Waals surface area contributed by atoms with Gasteiger partial charge in [-0.15, -0.1) is 0 Å². The minimum atomic E-state index is -4.25. The fourth-order valence-electron chi connectivity index (χ4n) is 2.24. The third-order valence-corrected chi connectivity index (χ3v) is 5.35. The summed E-state index contributed by atoms with van der Waals surface area (Å²) in [5, 5.41) is 0.0758. The van der Waals surface area contributed by atoms with Gasteiger partial charge in [-0.2, -0.15) is 4.31 Å². The maximum atomic E-state index is 13.8. The number of sulfonamides is 1. The van der Waals surface area contributed by atoms with Crippen LogP contribution >= 0.6 is 11.6 Å². The van der Waals surface area contributed by atoms with Crippen molar-refractivity contribution in [2.75, 3.05) is 13.2 Å². The van der Waals surface area contributed by atoms with E-state index in [-0.39, 0.29) is 18.2 Å². The van der Waals surface area contributed by atoms with Crippen molar-refractivity contribution in [1.29, 1.82) is 0 Å². The predicted octanol–water partition coefficient (Wildman–Crippen LogP) is 0.742. The van der Waals surface area contributed by atoms with Crippen LogP contribution in [0, 0.1) is 5.82 Å². The third kappa shape index (κ3) is 3.03. The zero-order valence-corrected chi connectivity index (χ0v) is 12.7. The van der Waals surface area contributed by atoms with Crippen LogP contribution in [0.1, 0.15) is 6.92 Å². The second-order valence-electron chi connectivity index (χ2n) is 4.61. The molecular weight excluding hydrogens is 323 g/mol. The molecule has 1 aliphatic heterocycles. The Kier molecular flexibility index (Phi) is 4.52. The van der Waals surface area contributed by atoms with Crippen molar-refractivity contribution in [2.45, 2.75) is 24.0 Å². The van der Waals surface area contributed by atoms with Gasteiger partial charge in [0.05, 0.1) is 12.7 Å². The van der Waals surface area contributed by atoms with Gasteiger partial charge in [0, 0.05) is 11.6 Å². The van der Waals surface area contributed by atoms with E-state index in [2.05, 4.69) is 0 Å². The minimum Gasteiger partial charge on any atom is -0.375 e. The van der Waals surface area contributed by atoms with Gasteiger partial charge in [0.2, 0.25) is 15.9 Å². The number of carbonyl (C=O) groups is 1. The van der Waals surface area contributed by atoms with Gasteiger partial charge in [-0.1, -0.05) is 11.6 Å². The predicted molar refractivity (Wildman–Crippen MR) is 73.7 cm³/mol. The summed E-state index contributed by atoms with van der Waals surface area (Å²) in [4.78, 5) is 10.9. The molecule has 2 atom stereocenters. The lowest BCUT2D eigenvalue weighted by Crippen LogP contribution is -2.58. The minimum absolute atomic E-state index is 0.0758. The molecule has 2 rings (SSSR count). The lowest BCUT2D eigenvalue weighted by atomic mass is 10.1. The summed E-state index contributed by atoms with van der Waals surface area (Å²) in [6.45, 7) is 1.53. The number of hydrogen-bond acceptors (Lipinski definition) is 4. The molecule has 0 saturated carbocycles. The zero-order valence-electron chi connectivity index (χ0n) is 11.1. The van der Waals surface area contributed by atoms with Crippen LogP contribution in [0.25, 0.3) is 0 Å². The van der Waals surface area contributed by atoms with E-state index in [4.69, 9.17) is 22.1 Å². The van der Waals surface area contributed by atoms with Crippen molar-refractivity contribution in [1.82, 2.24) is 4.31 Å².